The number of nitrogens with zero attached hydrogens (tertiary/aromatic N) is 2. The number of hydrogen-bond donors (Lipinski definition) is 6. The maximum Gasteiger partial charge on any atom is 0.255 e. The van der Waals surface area contributed by atoms with Gasteiger partial charge in [-0.25, -0.2) is 0 Å². The molecule has 240 valence electrons. The second-order valence-electron chi connectivity index (χ2n) is 11.1. The van der Waals surface area contributed by atoms with Gasteiger partial charge in [0.2, 0.25) is 6.29 Å². The molecular weight excluding hydrogens is 604 g/mol. The van der Waals surface area contributed by atoms with Crippen LogP contribution in [0.15, 0.2) is 66.7 Å². The first kappa shape index (κ1) is 32.6. The van der Waals surface area contributed by atoms with Gasteiger partial charge >= 0.3 is 0 Å². The van der Waals surface area contributed by atoms with Gasteiger partial charge < -0.3 is 50.3 Å². The van der Waals surface area contributed by atoms with E-state index in [-0.39, 0.29) is 17.1 Å². The van der Waals surface area contributed by atoms with Crippen molar-refractivity contribution in [1.82, 2.24) is 4.90 Å². The molecular formula is C32H37ClN4O8. The molecule has 2 saturated heterocycles. The third-order valence-corrected chi connectivity index (χ3v) is 8.18. The number of benzene rings is 3. The topological polar surface area (TPSA) is 164 Å². The second-order valence-corrected chi connectivity index (χ2v) is 11.5. The smallest absolute Gasteiger partial charge is 0.255 e. The molecule has 13 heteroatoms. The average molecular weight is 641 g/mol. The fourth-order valence-corrected chi connectivity index (χ4v) is 5.39. The highest BCUT2D eigenvalue weighted by Crippen LogP contribution is 2.36. The lowest BCUT2D eigenvalue weighted by atomic mass is 9.99. The van der Waals surface area contributed by atoms with Crippen LogP contribution >= 0.6 is 11.6 Å². The van der Waals surface area contributed by atoms with E-state index >= 15 is 0 Å². The van der Waals surface area contributed by atoms with Crippen molar-refractivity contribution in [1.29, 1.82) is 0 Å². The van der Waals surface area contributed by atoms with Crippen LogP contribution in [0.4, 0.5) is 17.1 Å². The zero-order valence-electron chi connectivity index (χ0n) is 24.7. The third-order valence-electron chi connectivity index (χ3n) is 7.93. The quantitative estimate of drug-likeness (QED) is 0.215. The highest BCUT2D eigenvalue weighted by atomic mass is 35.5. The Morgan fingerprint density at radius 3 is 2.22 bits per heavy atom. The van der Waals surface area contributed by atoms with Crippen molar-refractivity contribution in [3.05, 3.63) is 82.9 Å². The Morgan fingerprint density at radius 1 is 0.867 bits per heavy atom. The molecule has 0 spiro atoms. The monoisotopic (exact) mass is 640 g/mol. The molecule has 5 rings (SSSR count). The summed E-state index contributed by atoms with van der Waals surface area (Å²) in [5.41, 5.74) is 1.90. The lowest BCUT2D eigenvalue weighted by Crippen LogP contribution is -2.60. The van der Waals surface area contributed by atoms with Crippen LogP contribution in [0.3, 0.4) is 0 Å². The Kier molecular flexibility index (Phi) is 10.6. The molecule has 0 saturated carbocycles. The van der Waals surface area contributed by atoms with Crippen molar-refractivity contribution in [2.24, 2.45) is 0 Å². The maximum absolute atomic E-state index is 13.5. The molecule has 5 atom stereocenters. The summed E-state index contributed by atoms with van der Waals surface area (Å²) in [4.78, 5) is 31.2. The molecule has 6 N–H and O–H groups in total. The van der Waals surface area contributed by atoms with E-state index in [2.05, 4.69) is 27.5 Å². The van der Waals surface area contributed by atoms with Crippen LogP contribution in [-0.4, -0.2) is 108 Å². The summed E-state index contributed by atoms with van der Waals surface area (Å²) in [5.74, 6) is -0.990. The van der Waals surface area contributed by atoms with E-state index in [1.165, 1.54) is 6.07 Å². The predicted molar refractivity (Wildman–Crippen MR) is 169 cm³/mol. The number of carbonyl (C=O) groups is 2. The third kappa shape index (κ3) is 7.74. The lowest BCUT2D eigenvalue weighted by Gasteiger charge is -2.39. The number of ether oxygens (including phenoxy) is 2. The predicted octanol–water partition coefficient (Wildman–Crippen LogP) is 2.17. The molecule has 3 aromatic rings. The van der Waals surface area contributed by atoms with Crippen molar-refractivity contribution < 1.29 is 39.5 Å². The molecule has 2 amide bonds. The van der Waals surface area contributed by atoms with E-state index in [9.17, 15) is 30.0 Å². The zero-order chi connectivity index (χ0) is 32.1. The van der Waals surface area contributed by atoms with Crippen LogP contribution < -0.4 is 20.3 Å². The van der Waals surface area contributed by atoms with Gasteiger partial charge in [-0.1, -0.05) is 17.7 Å². The first-order valence-electron chi connectivity index (χ1n) is 14.7. The lowest BCUT2D eigenvalue weighted by molar-refractivity contribution is -0.277. The van der Waals surface area contributed by atoms with Crippen molar-refractivity contribution in [3.63, 3.8) is 0 Å². The van der Waals surface area contributed by atoms with E-state index in [0.29, 0.717) is 16.1 Å². The maximum atomic E-state index is 13.5. The number of carbonyl (C=O) groups excluding carboxylic acids is 2. The first-order valence-corrected chi connectivity index (χ1v) is 15.0. The summed E-state index contributed by atoms with van der Waals surface area (Å²) in [5, 5.41) is 46.6. The summed E-state index contributed by atoms with van der Waals surface area (Å²) in [6, 6.07) is 18.1. The molecule has 2 aliphatic rings. The van der Waals surface area contributed by atoms with Gasteiger partial charge in [-0.2, -0.15) is 0 Å². The number of aliphatic hydroxyl groups excluding tert-OH is 4. The van der Waals surface area contributed by atoms with E-state index in [1.54, 1.807) is 48.5 Å². The van der Waals surface area contributed by atoms with Crippen LogP contribution in [0.2, 0.25) is 5.02 Å². The molecule has 0 bridgehead atoms. The number of likely N-dealkylation sites (N-methyl/N-ethyl adjacent to an activating group) is 1. The van der Waals surface area contributed by atoms with Gasteiger partial charge in [0.1, 0.15) is 35.9 Å². The number of amides is 2. The van der Waals surface area contributed by atoms with E-state index in [4.69, 9.17) is 21.1 Å². The van der Waals surface area contributed by atoms with Gasteiger partial charge in [0.15, 0.2) is 0 Å². The Hall–Kier alpha value is -3.75. The Balaban J connectivity index is 1.41. The SMILES string of the molecule is CN1CCCN(c2ccc(C(=O)Nc3c(NC(=O)c4ccc(Cl)cc4)cccc3O[C@@H]3O[C@H](CO)[C@@H](O)[C@H](O)[C@H]3O)cc2)CC1. The summed E-state index contributed by atoms with van der Waals surface area (Å²) in [7, 11) is 2.10. The van der Waals surface area contributed by atoms with Crippen LogP contribution in [0, 0.1) is 0 Å². The molecule has 3 aromatic carbocycles. The van der Waals surface area contributed by atoms with Gasteiger partial charge in [-0.3, -0.25) is 9.59 Å². The Morgan fingerprint density at radius 2 is 1.53 bits per heavy atom. The minimum atomic E-state index is -1.69. The summed E-state index contributed by atoms with van der Waals surface area (Å²) in [6.45, 7) is 3.11. The minimum Gasteiger partial charge on any atom is -0.460 e. The molecule has 2 heterocycles. The van der Waals surface area contributed by atoms with Gasteiger partial charge in [-0.05, 0) is 80.7 Å². The molecule has 0 aliphatic carbocycles. The first-order chi connectivity index (χ1) is 21.6. The number of hydrogen-bond acceptors (Lipinski definition) is 10. The molecule has 2 aliphatic heterocycles. The average Bonchev–Trinajstić information content (AvgIpc) is 3.27. The van der Waals surface area contributed by atoms with Gasteiger partial charge in [0.05, 0.1) is 12.3 Å². The largest absolute Gasteiger partial charge is 0.460 e. The number of aliphatic hydroxyl groups is 4. The second kappa shape index (κ2) is 14.6. The fourth-order valence-electron chi connectivity index (χ4n) is 5.26. The molecule has 0 radical (unpaired) electrons. The Bertz CT molecular complexity index is 1470. The summed E-state index contributed by atoms with van der Waals surface area (Å²) >= 11 is 5.97. The number of para-hydroxylation sites is 1. The van der Waals surface area contributed by atoms with Crippen molar-refractivity contribution in [3.8, 4) is 5.75 Å². The molecule has 2 fully saturated rings. The van der Waals surface area contributed by atoms with Crippen LogP contribution in [0.25, 0.3) is 0 Å². The molecule has 45 heavy (non-hydrogen) atoms. The van der Waals surface area contributed by atoms with Crippen LogP contribution in [0.1, 0.15) is 27.1 Å². The highest BCUT2D eigenvalue weighted by molar-refractivity contribution is 6.30. The number of nitrogens with one attached hydrogen (secondary N) is 2. The number of rotatable bonds is 8. The summed E-state index contributed by atoms with van der Waals surface area (Å²) in [6.07, 6.45) is -6.63. The van der Waals surface area contributed by atoms with Crippen LogP contribution in [0.5, 0.6) is 5.75 Å². The summed E-state index contributed by atoms with van der Waals surface area (Å²) < 4.78 is 11.4. The minimum absolute atomic E-state index is 0.00751. The standard InChI is InChI=1S/C32H37ClN4O8/c1-36-14-3-15-37(17-16-36)22-12-8-20(9-13-22)31(43)35-26-23(34-30(42)19-6-10-21(33)11-7-19)4-2-5-24(26)44-32-29(41)28(40)27(39)25(18-38)45-32/h2,4-13,25,27-29,32,38-41H,3,14-18H2,1H3,(H,34,42)(H,35,43)/t25-,27-,28+,29-,32-/m1/s1. The zero-order valence-corrected chi connectivity index (χ0v) is 25.4. The van der Waals surface area contributed by atoms with E-state index < -0.39 is 49.1 Å². The van der Waals surface area contributed by atoms with E-state index in [1.807, 2.05) is 12.1 Å². The van der Waals surface area contributed by atoms with Crippen molar-refractivity contribution in [2.75, 3.05) is 55.4 Å². The fraction of sp³-hybridized carbons (Fsp3) is 0.375. The number of anilines is 3. The number of halogens is 1. The highest BCUT2D eigenvalue weighted by Gasteiger charge is 2.45. The van der Waals surface area contributed by atoms with Crippen molar-refractivity contribution in [2.45, 2.75) is 37.1 Å². The van der Waals surface area contributed by atoms with E-state index in [0.717, 1.165) is 38.3 Å². The molecule has 0 aromatic heterocycles. The van der Waals surface area contributed by atoms with Crippen LogP contribution in [-0.2, 0) is 4.74 Å². The van der Waals surface area contributed by atoms with Gasteiger partial charge in [0.25, 0.3) is 11.8 Å². The molecule has 12 nitrogen and oxygen atoms in total. The van der Waals surface area contributed by atoms with Crippen molar-refractivity contribution >= 4 is 40.5 Å². The van der Waals surface area contributed by atoms with Gasteiger partial charge in [-0.15, -0.1) is 0 Å². The molecule has 0 unspecified atom stereocenters. The van der Waals surface area contributed by atoms with Gasteiger partial charge in [0, 0.05) is 41.5 Å². The normalized spacial score (nSPS) is 24.0. The Labute approximate surface area is 265 Å².